The number of methoxy groups -OCH3 is 3. The molecule has 17 heteroatoms. The van der Waals surface area contributed by atoms with Crippen molar-refractivity contribution in [3.63, 3.8) is 0 Å². The highest BCUT2D eigenvalue weighted by atomic mass is 16.7. The molecule has 2 saturated heterocycles. The van der Waals surface area contributed by atoms with Gasteiger partial charge in [-0.1, -0.05) is 5.21 Å². The summed E-state index contributed by atoms with van der Waals surface area (Å²) in [7, 11) is 4.08. The quantitative estimate of drug-likeness (QED) is 0.187. The number of phenols is 1. The first-order valence-corrected chi connectivity index (χ1v) is 15.1. The average molecular weight is 671 g/mol. The van der Waals surface area contributed by atoms with E-state index in [2.05, 4.69) is 15.6 Å². The molecule has 17 nitrogen and oxygen atoms in total. The summed E-state index contributed by atoms with van der Waals surface area (Å²) in [4.78, 5) is 26.4. The molecule has 3 aromatic rings. The van der Waals surface area contributed by atoms with Gasteiger partial charge in [-0.15, -0.1) is 5.10 Å². The molecule has 3 aliphatic heterocycles. The standard InChI is InChI=1S/C31H34N4O13/c1-42-19-4-12(5-20(43-2)24(19)36)21-14-6-17-18(47-11-46-17)7-15(14)23(16-10-45-30(41)22(16)21)35-9-13(33-34-35)8-32-29(40)28-26(38)25(37)27(39)31(44-3)48-28/h4-7,9,16,21-23,25-28,31,36-39H,8,10-11H2,1-3H3,(H,32,40)/t16-,21+,22-,23+,25-,26-,27+,28+,31-/m0/s1. The van der Waals surface area contributed by atoms with E-state index in [4.69, 9.17) is 33.2 Å². The Morgan fingerprint density at radius 3 is 2.33 bits per heavy atom. The maximum absolute atomic E-state index is 13.5. The van der Waals surface area contributed by atoms with Gasteiger partial charge in [0.1, 0.15) is 24.0 Å². The molecule has 0 saturated carbocycles. The lowest BCUT2D eigenvalue weighted by molar-refractivity contribution is -0.283. The van der Waals surface area contributed by atoms with Crippen LogP contribution >= 0.6 is 0 Å². The maximum Gasteiger partial charge on any atom is 0.310 e. The van der Waals surface area contributed by atoms with Crippen molar-refractivity contribution in [1.82, 2.24) is 20.3 Å². The second-order valence-corrected chi connectivity index (χ2v) is 11.9. The van der Waals surface area contributed by atoms with Crippen molar-refractivity contribution in [3.05, 3.63) is 52.8 Å². The number of carbonyl (C=O) groups is 2. The van der Waals surface area contributed by atoms with Gasteiger partial charge in [-0.05, 0) is 41.0 Å². The number of aliphatic hydroxyl groups excluding tert-OH is 3. The van der Waals surface area contributed by atoms with Gasteiger partial charge in [0.2, 0.25) is 12.5 Å². The summed E-state index contributed by atoms with van der Waals surface area (Å²) < 4.78 is 39.9. The topological polar surface area (TPSA) is 222 Å². The van der Waals surface area contributed by atoms with Crippen molar-refractivity contribution >= 4 is 11.9 Å². The molecular weight excluding hydrogens is 636 g/mol. The summed E-state index contributed by atoms with van der Waals surface area (Å²) in [6.07, 6.45) is -6.13. The zero-order valence-electron chi connectivity index (χ0n) is 26.0. The number of cyclic esters (lactones) is 1. The number of phenolic OH excluding ortho intramolecular Hbond substituents is 1. The lowest BCUT2D eigenvalue weighted by Gasteiger charge is -2.39. The number of hydrogen-bond acceptors (Lipinski definition) is 15. The van der Waals surface area contributed by atoms with E-state index in [1.807, 2.05) is 12.1 Å². The molecule has 5 N–H and O–H groups in total. The van der Waals surface area contributed by atoms with Crippen LogP contribution in [0.3, 0.4) is 0 Å². The number of aromatic hydroxyl groups is 1. The number of nitrogens with zero attached hydrogens (tertiary/aromatic N) is 3. The number of carbonyl (C=O) groups excluding carboxylic acids is 2. The summed E-state index contributed by atoms with van der Waals surface area (Å²) in [5, 5.41) is 52.3. The van der Waals surface area contributed by atoms with E-state index in [0.717, 1.165) is 11.1 Å². The number of hydrogen-bond donors (Lipinski definition) is 5. The molecule has 1 aromatic heterocycles. The number of amides is 1. The maximum atomic E-state index is 13.5. The molecule has 7 rings (SSSR count). The predicted molar refractivity (Wildman–Crippen MR) is 157 cm³/mol. The van der Waals surface area contributed by atoms with Gasteiger partial charge in [0, 0.05) is 18.9 Å². The fourth-order valence-corrected chi connectivity index (χ4v) is 7.03. The number of nitrogens with one attached hydrogen (secondary N) is 1. The first kappa shape index (κ1) is 31.9. The van der Waals surface area contributed by atoms with Crippen LogP contribution in [0.2, 0.25) is 0 Å². The van der Waals surface area contributed by atoms with Crippen molar-refractivity contribution in [1.29, 1.82) is 0 Å². The third kappa shape index (κ3) is 5.14. The van der Waals surface area contributed by atoms with Crippen LogP contribution in [-0.4, -0.2) is 113 Å². The molecule has 2 fully saturated rings. The number of aromatic nitrogens is 3. The Hall–Kier alpha value is -4.68. The second-order valence-electron chi connectivity index (χ2n) is 11.9. The molecule has 0 bridgehead atoms. The number of ether oxygens (including phenoxy) is 7. The van der Waals surface area contributed by atoms with Gasteiger partial charge in [0.15, 0.2) is 35.4 Å². The van der Waals surface area contributed by atoms with E-state index in [0.29, 0.717) is 22.8 Å². The van der Waals surface area contributed by atoms with Crippen LogP contribution < -0.4 is 24.3 Å². The van der Waals surface area contributed by atoms with Gasteiger partial charge in [-0.3, -0.25) is 9.59 Å². The van der Waals surface area contributed by atoms with Crippen LogP contribution in [0.5, 0.6) is 28.7 Å². The van der Waals surface area contributed by atoms with Crippen LogP contribution in [0.4, 0.5) is 0 Å². The normalized spacial score (nSPS) is 30.3. The van der Waals surface area contributed by atoms with Crippen LogP contribution in [0.15, 0.2) is 30.5 Å². The van der Waals surface area contributed by atoms with E-state index in [-0.39, 0.29) is 37.2 Å². The van der Waals surface area contributed by atoms with E-state index in [1.165, 1.54) is 21.3 Å². The largest absolute Gasteiger partial charge is 0.502 e. The Balaban J connectivity index is 1.22. The molecule has 1 aliphatic carbocycles. The molecule has 4 aliphatic rings. The number of benzene rings is 2. The molecule has 48 heavy (non-hydrogen) atoms. The average Bonchev–Trinajstić information content (AvgIpc) is 3.85. The number of rotatable bonds is 8. The predicted octanol–water partition coefficient (Wildman–Crippen LogP) is -0.676. The van der Waals surface area contributed by atoms with Crippen LogP contribution in [0.25, 0.3) is 0 Å². The molecular formula is C31H34N4O13. The highest BCUT2D eigenvalue weighted by Gasteiger charge is 2.54. The molecule has 1 amide bonds. The Kier molecular flexibility index (Phi) is 8.24. The Morgan fingerprint density at radius 1 is 0.979 bits per heavy atom. The number of aliphatic hydroxyl groups is 3. The highest BCUT2D eigenvalue weighted by molar-refractivity contribution is 5.81. The second kappa shape index (κ2) is 12.4. The molecule has 256 valence electrons. The molecule has 0 spiro atoms. The van der Waals surface area contributed by atoms with Gasteiger partial charge < -0.3 is 58.9 Å². The number of fused-ring (bicyclic) bond motifs is 3. The SMILES string of the molecule is COc1cc([C@@H]2c3cc4c(cc3[C@@H](n3cc(CNC(=O)[C@@H]5O[C@H](OC)[C@H](O)[C@@H](O)[C@@H]5O)nn3)[C@H]3COC(=O)[C@H]23)OCO4)cc(OC)c1O. The summed E-state index contributed by atoms with van der Waals surface area (Å²) in [6.45, 7) is -0.0126. The van der Waals surface area contributed by atoms with Crippen LogP contribution in [-0.2, 0) is 30.3 Å². The van der Waals surface area contributed by atoms with Gasteiger partial charge in [0.05, 0.1) is 45.5 Å². The van der Waals surface area contributed by atoms with Crippen molar-refractivity contribution in [2.75, 3.05) is 34.7 Å². The Bertz CT molecular complexity index is 1710. The summed E-state index contributed by atoms with van der Waals surface area (Å²) in [6, 6.07) is 6.45. The fraction of sp³-hybridized carbons (Fsp3) is 0.484. The van der Waals surface area contributed by atoms with Gasteiger partial charge in [-0.25, -0.2) is 4.68 Å². The summed E-state index contributed by atoms with van der Waals surface area (Å²) >= 11 is 0. The number of esters is 1. The van der Waals surface area contributed by atoms with E-state index >= 15 is 0 Å². The van der Waals surface area contributed by atoms with Crippen molar-refractivity contribution in [2.24, 2.45) is 11.8 Å². The first-order chi connectivity index (χ1) is 23.1. The van der Waals surface area contributed by atoms with Crippen LogP contribution in [0, 0.1) is 11.8 Å². The van der Waals surface area contributed by atoms with E-state index in [1.54, 1.807) is 23.0 Å². The summed E-state index contributed by atoms with van der Waals surface area (Å²) in [5.74, 6) is -1.64. The minimum absolute atomic E-state index is 0.0248. The lowest BCUT2D eigenvalue weighted by atomic mass is 9.65. The van der Waals surface area contributed by atoms with Gasteiger partial charge >= 0.3 is 5.97 Å². The highest BCUT2D eigenvalue weighted by Crippen LogP contribution is 2.56. The van der Waals surface area contributed by atoms with Gasteiger partial charge in [0.25, 0.3) is 5.91 Å². The molecule has 4 heterocycles. The lowest BCUT2D eigenvalue weighted by Crippen LogP contribution is -2.61. The monoisotopic (exact) mass is 670 g/mol. The molecule has 0 unspecified atom stereocenters. The smallest absolute Gasteiger partial charge is 0.310 e. The molecule has 2 aromatic carbocycles. The third-order valence-corrected chi connectivity index (χ3v) is 9.36. The van der Waals surface area contributed by atoms with Crippen LogP contribution in [0.1, 0.15) is 34.3 Å². The third-order valence-electron chi connectivity index (χ3n) is 9.36. The van der Waals surface area contributed by atoms with Gasteiger partial charge in [-0.2, -0.15) is 0 Å². The minimum Gasteiger partial charge on any atom is -0.502 e. The Labute approximate surface area is 272 Å². The zero-order valence-corrected chi connectivity index (χ0v) is 26.0. The zero-order chi connectivity index (χ0) is 33.9. The van der Waals surface area contributed by atoms with E-state index in [9.17, 15) is 30.0 Å². The van der Waals surface area contributed by atoms with Crippen molar-refractivity contribution in [2.45, 2.75) is 49.2 Å². The Morgan fingerprint density at radius 2 is 1.67 bits per heavy atom. The summed E-state index contributed by atoms with van der Waals surface area (Å²) in [5.41, 5.74) is 2.50. The molecule has 9 atom stereocenters. The fourth-order valence-electron chi connectivity index (χ4n) is 7.03. The first-order valence-electron chi connectivity index (χ1n) is 15.1. The van der Waals surface area contributed by atoms with Crippen molar-refractivity contribution < 1.29 is 63.2 Å². The van der Waals surface area contributed by atoms with Crippen molar-refractivity contribution in [3.8, 4) is 28.7 Å². The van der Waals surface area contributed by atoms with E-state index < -0.39 is 66.4 Å². The molecule has 0 radical (unpaired) electrons. The minimum atomic E-state index is -1.70.